The summed E-state index contributed by atoms with van der Waals surface area (Å²) in [7, 11) is -11.7. The number of sulfone groups is 3. The average molecular weight is 443 g/mol. The molecule has 0 spiro atoms. The summed E-state index contributed by atoms with van der Waals surface area (Å²) in [4.78, 5) is -1.35. The molecule has 0 radical (unpaired) electrons. The third-order valence-electron chi connectivity index (χ3n) is 3.22. The first-order valence-electron chi connectivity index (χ1n) is 6.49. The molecule has 0 saturated heterocycles. The first-order chi connectivity index (χ1) is 11.2. The number of hydrogen-bond donors (Lipinski definition) is 0. The summed E-state index contributed by atoms with van der Waals surface area (Å²) in [5, 5.41) is -0.233. The third kappa shape index (κ3) is 4.17. The van der Waals surface area contributed by atoms with Gasteiger partial charge in [0, 0.05) is 12.5 Å². The minimum absolute atomic E-state index is 0.116. The van der Waals surface area contributed by atoms with Gasteiger partial charge in [-0.3, -0.25) is 0 Å². The Morgan fingerprint density at radius 3 is 1.24 bits per heavy atom. The molecule has 2 aromatic carbocycles. The van der Waals surface area contributed by atoms with Crippen molar-refractivity contribution in [1.29, 1.82) is 0 Å². The van der Waals surface area contributed by atoms with Gasteiger partial charge in [-0.1, -0.05) is 23.2 Å². The van der Waals surface area contributed by atoms with Crippen molar-refractivity contribution in [2.24, 2.45) is 0 Å². The summed E-state index contributed by atoms with van der Waals surface area (Å²) in [5.41, 5.74) is 0. The van der Waals surface area contributed by atoms with Crippen molar-refractivity contribution in [1.82, 2.24) is 0 Å². The Balaban J connectivity index is 2.73. The summed E-state index contributed by atoms with van der Waals surface area (Å²) in [6.45, 7) is 0. The Morgan fingerprint density at radius 2 is 0.960 bits per heavy atom. The zero-order valence-corrected chi connectivity index (χ0v) is 16.9. The highest BCUT2D eigenvalue weighted by atomic mass is 35.5. The minimum atomic E-state index is -4.18. The Bertz CT molecular complexity index is 1080. The molecule has 11 heteroatoms. The normalized spacial score (nSPS) is 13.0. The average Bonchev–Trinajstić information content (AvgIpc) is 2.45. The lowest BCUT2D eigenvalue weighted by atomic mass is 10.3. The fraction of sp³-hybridized carbons (Fsp3) is 0.143. The van der Waals surface area contributed by atoms with Crippen molar-refractivity contribution in [3.63, 3.8) is 0 Å². The second-order valence-electron chi connectivity index (χ2n) is 5.23. The van der Waals surface area contributed by atoms with Crippen molar-refractivity contribution in [2.45, 2.75) is 19.6 Å². The van der Waals surface area contributed by atoms with Crippen LogP contribution in [0.1, 0.15) is 0 Å². The number of rotatable bonds is 4. The van der Waals surface area contributed by atoms with Gasteiger partial charge in [0.15, 0.2) is 19.7 Å². The first-order valence-corrected chi connectivity index (χ1v) is 12.5. The van der Waals surface area contributed by atoms with Crippen LogP contribution in [0.3, 0.4) is 0 Å². The predicted octanol–water partition coefficient (Wildman–Crippen LogP) is 2.63. The fourth-order valence-electron chi connectivity index (χ4n) is 2.01. The van der Waals surface area contributed by atoms with Crippen LogP contribution in [0, 0.1) is 0 Å². The smallest absolute Gasteiger partial charge is 0.206 e. The monoisotopic (exact) mass is 442 g/mol. The van der Waals surface area contributed by atoms with E-state index in [9.17, 15) is 25.3 Å². The Kier molecular flexibility index (Phi) is 5.29. The van der Waals surface area contributed by atoms with Crippen LogP contribution in [0.15, 0.2) is 56.0 Å². The summed E-state index contributed by atoms with van der Waals surface area (Å²) in [5.74, 6) is 0. The lowest BCUT2D eigenvalue weighted by molar-refractivity contribution is 0.595. The largest absolute Gasteiger partial charge is 0.224 e. The van der Waals surface area contributed by atoms with Crippen molar-refractivity contribution in [3.05, 3.63) is 46.4 Å². The van der Waals surface area contributed by atoms with E-state index in [1.165, 1.54) is 0 Å². The Labute approximate surface area is 156 Å². The molecular formula is C14H12Cl2O6S3. The molecule has 2 rings (SSSR count). The maximum Gasteiger partial charge on any atom is 0.206 e. The van der Waals surface area contributed by atoms with Gasteiger partial charge in [0.05, 0.1) is 29.6 Å². The van der Waals surface area contributed by atoms with Crippen molar-refractivity contribution in [2.75, 3.05) is 12.5 Å². The molecule has 0 bridgehead atoms. The second-order valence-corrected chi connectivity index (χ2v) is 12.0. The van der Waals surface area contributed by atoms with E-state index in [2.05, 4.69) is 0 Å². The van der Waals surface area contributed by atoms with Gasteiger partial charge in [0.2, 0.25) is 9.84 Å². The van der Waals surface area contributed by atoms with Crippen LogP contribution < -0.4 is 0 Å². The molecule has 0 fully saturated rings. The molecule has 0 unspecified atom stereocenters. The molecule has 2 aromatic rings. The van der Waals surface area contributed by atoms with Crippen LogP contribution >= 0.6 is 23.2 Å². The van der Waals surface area contributed by atoms with Crippen LogP contribution in [0.4, 0.5) is 0 Å². The molecule has 6 nitrogen and oxygen atoms in total. The van der Waals surface area contributed by atoms with E-state index >= 15 is 0 Å². The lowest BCUT2D eigenvalue weighted by Crippen LogP contribution is -2.07. The highest BCUT2D eigenvalue weighted by Crippen LogP contribution is 2.31. The van der Waals surface area contributed by atoms with E-state index in [1.807, 2.05) is 0 Å². The molecular weight excluding hydrogens is 431 g/mol. The molecule has 0 aromatic heterocycles. The van der Waals surface area contributed by atoms with Crippen LogP contribution in [0.5, 0.6) is 0 Å². The van der Waals surface area contributed by atoms with E-state index in [4.69, 9.17) is 23.2 Å². The molecule has 0 aliphatic carbocycles. The molecule has 0 saturated carbocycles. The van der Waals surface area contributed by atoms with E-state index in [-0.39, 0.29) is 29.6 Å². The zero-order valence-electron chi connectivity index (χ0n) is 12.9. The van der Waals surface area contributed by atoms with Gasteiger partial charge in [-0.05, 0) is 36.4 Å². The standard InChI is InChI=1S/C14H12Cl2O6S3/c1-23(17,18)13-7-9(3-5-11(13)15)25(21,22)10-4-6-12(16)14(8-10)24(2,19)20/h3-8H,1-2H3. The topological polar surface area (TPSA) is 102 Å². The minimum Gasteiger partial charge on any atom is -0.224 e. The SMILES string of the molecule is CS(=O)(=O)c1cc(S(=O)(=O)c2ccc(Cl)c(S(C)(=O)=O)c2)ccc1Cl. The van der Waals surface area contributed by atoms with E-state index in [0.29, 0.717) is 0 Å². The number of halogens is 2. The van der Waals surface area contributed by atoms with E-state index < -0.39 is 29.5 Å². The van der Waals surface area contributed by atoms with Crippen LogP contribution in [0.25, 0.3) is 0 Å². The van der Waals surface area contributed by atoms with Gasteiger partial charge in [-0.25, -0.2) is 25.3 Å². The van der Waals surface area contributed by atoms with Crippen LogP contribution in [-0.2, 0) is 29.5 Å². The molecule has 0 aliphatic heterocycles. The van der Waals surface area contributed by atoms with Gasteiger partial charge in [0.1, 0.15) is 0 Å². The molecule has 25 heavy (non-hydrogen) atoms. The van der Waals surface area contributed by atoms with E-state index in [0.717, 1.165) is 48.9 Å². The van der Waals surface area contributed by atoms with E-state index in [1.54, 1.807) is 0 Å². The van der Waals surface area contributed by atoms with Gasteiger partial charge in [0.25, 0.3) is 0 Å². The number of hydrogen-bond acceptors (Lipinski definition) is 6. The quantitative estimate of drug-likeness (QED) is 0.720. The van der Waals surface area contributed by atoms with Crippen LogP contribution in [-0.4, -0.2) is 37.8 Å². The molecule has 0 N–H and O–H groups in total. The van der Waals surface area contributed by atoms with Crippen LogP contribution in [0.2, 0.25) is 10.0 Å². The van der Waals surface area contributed by atoms with Crippen molar-refractivity contribution >= 4 is 52.7 Å². The van der Waals surface area contributed by atoms with Gasteiger partial charge < -0.3 is 0 Å². The number of benzene rings is 2. The lowest BCUT2D eigenvalue weighted by Gasteiger charge is -2.10. The van der Waals surface area contributed by atoms with Crippen molar-refractivity contribution in [3.8, 4) is 0 Å². The summed E-state index contributed by atoms with van der Waals surface area (Å²) >= 11 is 11.6. The van der Waals surface area contributed by atoms with Gasteiger partial charge in [-0.2, -0.15) is 0 Å². The highest BCUT2D eigenvalue weighted by molar-refractivity contribution is 7.92. The Hall–Kier alpha value is -1.13. The van der Waals surface area contributed by atoms with Crippen molar-refractivity contribution < 1.29 is 25.3 Å². The third-order valence-corrected chi connectivity index (χ3v) is 8.13. The zero-order chi connectivity index (χ0) is 19.2. The molecule has 0 amide bonds. The summed E-state index contributed by atoms with van der Waals surface area (Å²) in [6.07, 6.45) is 1.79. The van der Waals surface area contributed by atoms with Gasteiger partial charge >= 0.3 is 0 Å². The Morgan fingerprint density at radius 1 is 0.640 bits per heavy atom. The maximum absolute atomic E-state index is 12.7. The predicted molar refractivity (Wildman–Crippen MR) is 94.6 cm³/mol. The highest BCUT2D eigenvalue weighted by Gasteiger charge is 2.24. The second kappa shape index (κ2) is 6.55. The molecule has 0 aliphatic rings. The molecule has 0 atom stereocenters. The summed E-state index contributed by atoms with van der Waals surface area (Å²) in [6, 6.07) is 6.45. The summed E-state index contributed by atoms with van der Waals surface area (Å²) < 4.78 is 72.4. The fourth-order valence-corrected chi connectivity index (χ4v) is 6.07. The molecule has 0 heterocycles. The van der Waals surface area contributed by atoms with Gasteiger partial charge in [-0.15, -0.1) is 0 Å². The maximum atomic E-state index is 12.7. The molecule has 136 valence electrons. The first kappa shape index (κ1) is 20.2.